The standard InChI is InChI=1S/C16H22N4O7S2/c1-6(21)10-11(22)20-12(27-16(24)25)14(29-13(10)20)28-9-3-8(5-26-15(18)23)19(4-9)7(2)17/h6,8-10,13,17,21H,3-5H2,1-2H3,(H2,18,23)(H,24,25)/t6-,8?,9?,10+,13-/m1/s1. The van der Waals surface area contributed by atoms with Gasteiger partial charge in [-0.3, -0.25) is 15.1 Å². The molecule has 0 aromatic heterocycles. The number of nitrogens with two attached hydrogens (primary N) is 1. The van der Waals surface area contributed by atoms with E-state index in [4.69, 9.17) is 25.7 Å². The molecule has 2 fully saturated rings. The van der Waals surface area contributed by atoms with Crippen LogP contribution in [-0.2, 0) is 14.3 Å². The Kier molecular flexibility index (Phi) is 6.19. The molecule has 3 aliphatic rings. The number of amidine groups is 1. The van der Waals surface area contributed by atoms with Crippen LogP contribution in [0.4, 0.5) is 9.59 Å². The number of carbonyl (C=O) groups is 3. The van der Waals surface area contributed by atoms with Crippen LogP contribution < -0.4 is 5.73 Å². The zero-order valence-electron chi connectivity index (χ0n) is 15.7. The van der Waals surface area contributed by atoms with Gasteiger partial charge in [0, 0.05) is 11.8 Å². The van der Waals surface area contributed by atoms with Gasteiger partial charge in [-0.2, -0.15) is 0 Å². The number of likely N-dealkylation sites (tertiary alicyclic amines) is 1. The van der Waals surface area contributed by atoms with Gasteiger partial charge in [0.1, 0.15) is 16.2 Å². The van der Waals surface area contributed by atoms with Gasteiger partial charge in [-0.1, -0.05) is 11.8 Å². The second-order valence-corrected chi connectivity index (χ2v) is 9.64. The number of hydrogen-bond acceptors (Lipinski definition) is 9. The van der Waals surface area contributed by atoms with Crippen molar-refractivity contribution in [1.82, 2.24) is 9.80 Å². The number of aliphatic hydroxyl groups excluding tert-OH is 1. The zero-order chi connectivity index (χ0) is 21.5. The molecule has 3 rings (SSSR count). The number of nitrogens with one attached hydrogen (secondary N) is 1. The molecule has 0 radical (unpaired) electrons. The number of ether oxygens (including phenoxy) is 2. The fourth-order valence-corrected chi connectivity index (χ4v) is 6.92. The van der Waals surface area contributed by atoms with E-state index in [1.54, 1.807) is 11.8 Å². The number of nitrogens with zero attached hydrogens (tertiary/aromatic N) is 2. The van der Waals surface area contributed by atoms with Crippen molar-refractivity contribution in [2.24, 2.45) is 11.7 Å². The molecule has 29 heavy (non-hydrogen) atoms. The quantitative estimate of drug-likeness (QED) is 0.200. The van der Waals surface area contributed by atoms with E-state index >= 15 is 0 Å². The maximum atomic E-state index is 12.3. The van der Waals surface area contributed by atoms with Crippen molar-refractivity contribution in [3.63, 3.8) is 0 Å². The highest BCUT2D eigenvalue weighted by Crippen LogP contribution is 2.55. The Bertz CT molecular complexity index is 774. The van der Waals surface area contributed by atoms with Crippen molar-refractivity contribution in [2.45, 2.75) is 43.0 Å². The van der Waals surface area contributed by atoms with E-state index < -0.39 is 29.6 Å². The van der Waals surface area contributed by atoms with Gasteiger partial charge in [-0.15, -0.1) is 11.8 Å². The first-order valence-corrected chi connectivity index (χ1v) is 10.6. The van der Waals surface area contributed by atoms with E-state index in [2.05, 4.69) is 0 Å². The van der Waals surface area contributed by atoms with Crippen LogP contribution in [0.1, 0.15) is 20.3 Å². The summed E-state index contributed by atoms with van der Waals surface area (Å²) in [6.07, 6.45) is -2.70. The molecule has 0 aliphatic carbocycles. The fraction of sp³-hybridized carbons (Fsp3) is 0.625. The third-order valence-corrected chi connectivity index (χ3v) is 7.68. The van der Waals surface area contributed by atoms with Crippen LogP contribution >= 0.6 is 23.5 Å². The fourth-order valence-electron chi connectivity index (χ4n) is 3.64. The van der Waals surface area contributed by atoms with E-state index in [0.29, 0.717) is 23.0 Å². The van der Waals surface area contributed by atoms with E-state index in [0.717, 1.165) is 0 Å². The smallest absolute Gasteiger partial charge is 0.449 e. The average molecular weight is 447 g/mol. The maximum absolute atomic E-state index is 12.3. The van der Waals surface area contributed by atoms with Crippen molar-refractivity contribution in [1.29, 1.82) is 5.41 Å². The average Bonchev–Trinajstić information content (AvgIpc) is 3.12. The summed E-state index contributed by atoms with van der Waals surface area (Å²) in [5, 5.41) is 26.4. The first kappa shape index (κ1) is 21.6. The first-order chi connectivity index (χ1) is 13.6. The highest BCUT2D eigenvalue weighted by atomic mass is 32.2. The predicted molar refractivity (Wildman–Crippen MR) is 105 cm³/mol. The van der Waals surface area contributed by atoms with Crippen LogP contribution in [0.3, 0.4) is 0 Å². The predicted octanol–water partition coefficient (Wildman–Crippen LogP) is 0.988. The van der Waals surface area contributed by atoms with Gasteiger partial charge < -0.3 is 30.3 Å². The molecule has 0 aromatic rings. The molecule has 5 N–H and O–H groups in total. The van der Waals surface area contributed by atoms with Gasteiger partial charge in [0.15, 0.2) is 0 Å². The lowest BCUT2D eigenvalue weighted by Gasteiger charge is -2.43. The number of carboxylic acid groups (broad SMARTS) is 1. The number of primary amides is 1. The number of fused-ring (bicyclic) bond motifs is 1. The van der Waals surface area contributed by atoms with E-state index in [1.165, 1.54) is 35.3 Å². The Morgan fingerprint density at radius 3 is 2.72 bits per heavy atom. The largest absolute Gasteiger partial charge is 0.512 e. The van der Waals surface area contributed by atoms with E-state index in [1.807, 2.05) is 0 Å². The van der Waals surface area contributed by atoms with E-state index in [9.17, 15) is 19.5 Å². The minimum absolute atomic E-state index is 0.0330. The number of rotatable bonds is 6. The SMILES string of the molecule is CC(=N)N1CC(SC2=C(OC(=O)O)N3C(=O)[C@H]([C@@H](C)O)[C@H]3S2)CC1COC(N)=O. The van der Waals surface area contributed by atoms with Crippen LogP contribution in [-0.4, -0.2) is 79.9 Å². The summed E-state index contributed by atoms with van der Waals surface area (Å²) in [5.74, 6) is -0.713. The number of carbonyl (C=O) groups excluding carboxylic acids is 2. The molecular formula is C16H22N4O7S2. The van der Waals surface area contributed by atoms with E-state index in [-0.39, 0.29) is 29.7 Å². The van der Waals surface area contributed by atoms with Crippen molar-refractivity contribution in [2.75, 3.05) is 13.2 Å². The summed E-state index contributed by atoms with van der Waals surface area (Å²) < 4.78 is 10.3. The highest BCUT2D eigenvalue weighted by Gasteiger charge is 2.58. The van der Waals surface area contributed by atoms with Crippen molar-refractivity contribution >= 4 is 47.5 Å². The number of amides is 2. The molecule has 13 heteroatoms. The molecule has 2 amide bonds. The normalized spacial score (nSPS) is 29.4. The molecule has 3 heterocycles. The Morgan fingerprint density at radius 2 is 2.17 bits per heavy atom. The lowest BCUT2D eigenvalue weighted by Crippen LogP contribution is -2.60. The van der Waals surface area contributed by atoms with Crippen LogP contribution in [0, 0.1) is 11.3 Å². The summed E-state index contributed by atoms with van der Waals surface area (Å²) >= 11 is 2.64. The Hall–Kier alpha value is -2.12. The van der Waals surface area contributed by atoms with Crippen LogP contribution in [0.25, 0.3) is 0 Å². The topological polar surface area (TPSA) is 166 Å². The van der Waals surface area contributed by atoms with Crippen LogP contribution in [0.15, 0.2) is 10.1 Å². The Labute approximate surface area is 175 Å². The van der Waals surface area contributed by atoms with Crippen LogP contribution in [0.5, 0.6) is 0 Å². The molecule has 160 valence electrons. The van der Waals surface area contributed by atoms with Crippen molar-refractivity contribution in [3.05, 3.63) is 10.1 Å². The minimum atomic E-state index is -1.52. The number of thioether (sulfide) groups is 2. The molecule has 0 spiro atoms. The molecule has 11 nitrogen and oxygen atoms in total. The summed E-state index contributed by atoms with van der Waals surface area (Å²) in [5.41, 5.74) is 5.03. The van der Waals surface area contributed by atoms with Gasteiger partial charge >= 0.3 is 12.2 Å². The summed E-state index contributed by atoms with van der Waals surface area (Å²) in [7, 11) is 0. The molecule has 0 saturated carbocycles. The number of aliphatic hydroxyl groups is 1. The van der Waals surface area contributed by atoms with Gasteiger partial charge in [-0.05, 0) is 20.3 Å². The van der Waals surface area contributed by atoms with Crippen molar-refractivity contribution < 1.29 is 34.1 Å². The first-order valence-electron chi connectivity index (χ1n) is 8.83. The van der Waals surface area contributed by atoms with Gasteiger partial charge in [0.05, 0.1) is 23.9 Å². The molecule has 3 aliphatic heterocycles. The molecule has 2 unspecified atom stereocenters. The van der Waals surface area contributed by atoms with Crippen LogP contribution in [0.2, 0.25) is 0 Å². The molecule has 5 atom stereocenters. The monoisotopic (exact) mass is 446 g/mol. The second kappa shape index (κ2) is 8.32. The lowest BCUT2D eigenvalue weighted by atomic mass is 9.93. The third kappa shape index (κ3) is 4.26. The Morgan fingerprint density at radius 1 is 1.48 bits per heavy atom. The maximum Gasteiger partial charge on any atom is 0.512 e. The molecule has 0 bridgehead atoms. The molecule has 0 aromatic carbocycles. The van der Waals surface area contributed by atoms with Gasteiger partial charge in [-0.25, -0.2) is 9.59 Å². The van der Waals surface area contributed by atoms with Gasteiger partial charge in [0.2, 0.25) is 11.8 Å². The lowest BCUT2D eigenvalue weighted by molar-refractivity contribution is -0.155. The third-order valence-electron chi connectivity index (χ3n) is 4.91. The zero-order valence-corrected chi connectivity index (χ0v) is 17.4. The van der Waals surface area contributed by atoms with Gasteiger partial charge in [0.25, 0.3) is 0 Å². The minimum Gasteiger partial charge on any atom is -0.449 e. The second-order valence-electron chi connectivity index (χ2n) is 6.94. The summed E-state index contributed by atoms with van der Waals surface area (Å²) in [4.78, 5) is 37.4. The number of β-lactam (4-membered cyclic amide) rings is 1. The van der Waals surface area contributed by atoms with Crippen molar-refractivity contribution in [3.8, 4) is 0 Å². The highest BCUT2D eigenvalue weighted by molar-refractivity contribution is 8.23. The molecular weight excluding hydrogens is 424 g/mol. The Balaban J connectivity index is 1.74. The summed E-state index contributed by atoms with van der Waals surface area (Å²) in [6.45, 7) is 3.68. The summed E-state index contributed by atoms with van der Waals surface area (Å²) in [6, 6.07) is -0.225. The molecule has 2 saturated heterocycles. The number of hydrogen-bond donors (Lipinski definition) is 4.